The minimum Gasteiger partial charge on any atom is -0.448 e. The predicted octanol–water partition coefficient (Wildman–Crippen LogP) is 0.824. The van der Waals surface area contributed by atoms with Crippen molar-refractivity contribution in [1.29, 1.82) is 0 Å². The van der Waals surface area contributed by atoms with E-state index < -0.39 is 5.60 Å². The van der Waals surface area contributed by atoms with Crippen molar-refractivity contribution in [3.05, 3.63) is 17.8 Å². The Morgan fingerprint density at radius 3 is 2.82 bits per heavy atom. The summed E-state index contributed by atoms with van der Waals surface area (Å²) in [4.78, 5) is 3.80. The molecule has 1 aromatic heterocycles. The average Bonchev–Trinajstić information content (AvgIpc) is 2.36. The molecule has 0 saturated heterocycles. The molecule has 1 rings (SSSR count). The van der Waals surface area contributed by atoms with Gasteiger partial charge in [0.05, 0.1) is 0 Å². The molecule has 1 aromatic rings. The third-order valence-electron chi connectivity index (χ3n) is 1.49. The number of rotatable bonds is 1. The molecule has 1 heterocycles. The molecule has 0 radical (unpaired) electrons. The maximum absolute atomic E-state index is 9.51. The maximum Gasteiger partial charge on any atom is 0.181 e. The molecule has 0 bridgehead atoms. The van der Waals surface area contributed by atoms with Gasteiger partial charge < -0.3 is 9.52 Å². The smallest absolute Gasteiger partial charge is 0.181 e. The molecule has 0 aliphatic rings. The van der Waals surface area contributed by atoms with Crippen LogP contribution in [-0.2, 0) is 5.60 Å². The highest BCUT2D eigenvalue weighted by Gasteiger charge is 2.25. The Bertz CT molecular complexity index is 293. The van der Waals surface area contributed by atoms with Gasteiger partial charge in [-0.2, -0.15) is 0 Å². The first-order valence-electron chi connectivity index (χ1n) is 3.18. The number of terminal acetylenes is 1. The van der Waals surface area contributed by atoms with Crippen molar-refractivity contribution < 1.29 is 9.52 Å². The van der Waals surface area contributed by atoms with Crippen molar-refractivity contribution in [3.8, 4) is 12.3 Å². The van der Waals surface area contributed by atoms with Crippen LogP contribution in [0.25, 0.3) is 0 Å². The minimum atomic E-state index is -1.32. The van der Waals surface area contributed by atoms with Gasteiger partial charge in [0, 0.05) is 0 Å². The molecule has 0 fully saturated rings. The zero-order valence-corrected chi connectivity index (χ0v) is 6.46. The Kier molecular flexibility index (Phi) is 1.71. The monoisotopic (exact) mass is 151 g/mol. The second kappa shape index (κ2) is 2.40. The average molecular weight is 151 g/mol. The van der Waals surface area contributed by atoms with Crippen molar-refractivity contribution in [2.75, 3.05) is 0 Å². The zero-order chi connectivity index (χ0) is 8.48. The second-order valence-electron chi connectivity index (χ2n) is 2.47. The van der Waals surface area contributed by atoms with E-state index in [1.165, 1.54) is 13.3 Å². The molecular weight excluding hydrogens is 142 g/mol. The number of hydrogen-bond acceptors (Lipinski definition) is 3. The first kappa shape index (κ1) is 7.83. The van der Waals surface area contributed by atoms with Crippen LogP contribution < -0.4 is 0 Å². The number of aryl methyl sites for hydroxylation is 1. The summed E-state index contributed by atoms with van der Waals surface area (Å²) < 4.78 is 4.89. The Labute approximate surface area is 65.1 Å². The van der Waals surface area contributed by atoms with Crippen LogP contribution in [0.15, 0.2) is 10.8 Å². The van der Waals surface area contributed by atoms with Gasteiger partial charge in [-0.05, 0) is 13.8 Å². The SMILES string of the molecule is C#CC(C)(O)c1ncoc1C. The highest BCUT2D eigenvalue weighted by Crippen LogP contribution is 2.20. The van der Waals surface area contributed by atoms with Crippen LogP contribution in [0.4, 0.5) is 0 Å². The molecule has 3 nitrogen and oxygen atoms in total. The summed E-state index contributed by atoms with van der Waals surface area (Å²) in [5.74, 6) is 2.77. The Morgan fingerprint density at radius 2 is 2.45 bits per heavy atom. The number of aliphatic hydroxyl groups is 1. The summed E-state index contributed by atoms with van der Waals surface area (Å²) in [6.45, 7) is 3.20. The first-order chi connectivity index (χ1) is 5.08. The Hall–Kier alpha value is -1.27. The number of aromatic nitrogens is 1. The Morgan fingerprint density at radius 1 is 1.82 bits per heavy atom. The lowest BCUT2D eigenvalue weighted by Gasteiger charge is -2.12. The van der Waals surface area contributed by atoms with E-state index in [1.807, 2.05) is 0 Å². The maximum atomic E-state index is 9.51. The van der Waals surface area contributed by atoms with Crippen LogP contribution in [0, 0.1) is 19.3 Å². The molecule has 0 spiro atoms. The molecule has 11 heavy (non-hydrogen) atoms. The summed E-state index contributed by atoms with van der Waals surface area (Å²) in [5.41, 5.74) is -0.920. The summed E-state index contributed by atoms with van der Waals surface area (Å²) in [6, 6.07) is 0. The van der Waals surface area contributed by atoms with E-state index in [0.717, 1.165) is 0 Å². The van der Waals surface area contributed by atoms with Crippen LogP contribution in [0.5, 0.6) is 0 Å². The first-order valence-corrected chi connectivity index (χ1v) is 3.18. The fraction of sp³-hybridized carbons (Fsp3) is 0.375. The quantitative estimate of drug-likeness (QED) is 0.604. The van der Waals surface area contributed by atoms with Crippen LogP contribution in [-0.4, -0.2) is 10.1 Å². The van der Waals surface area contributed by atoms with E-state index in [4.69, 9.17) is 10.8 Å². The fourth-order valence-corrected chi connectivity index (χ4v) is 0.842. The number of oxazole rings is 1. The van der Waals surface area contributed by atoms with E-state index in [0.29, 0.717) is 11.5 Å². The molecule has 1 N–H and O–H groups in total. The standard InChI is InChI=1S/C8H9NO2/c1-4-8(3,10)7-6(2)11-5-9-7/h1,5,10H,2-3H3. The van der Waals surface area contributed by atoms with Crippen LogP contribution >= 0.6 is 0 Å². The van der Waals surface area contributed by atoms with E-state index in [1.54, 1.807) is 6.92 Å². The molecule has 3 heteroatoms. The summed E-state index contributed by atoms with van der Waals surface area (Å²) in [5, 5.41) is 9.51. The zero-order valence-electron chi connectivity index (χ0n) is 6.46. The van der Waals surface area contributed by atoms with Gasteiger partial charge in [0.2, 0.25) is 0 Å². The highest BCUT2D eigenvalue weighted by atomic mass is 16.3. The molecular formula is C8H9NO2. The summed E-state index contributed by atoms with van der Waals surface area (Å²) >= 11 is 0. The third-order valence-corrected chi connectivity index (χ3v) is 1.49. The van der Waals surface area contributed by atoms with Crippen LogP contribution in [0.1, 0.15) is 18.4 Å². The molecule has 58 valence electrons. The largest absolute Gasteiger partial charge is 0.448 e. The van der Waals surface area contributed by atoms with Gasteiger partial charge in [0.15, 0.2) is 12.0 Å². The molecule has 0 aromatic carbocycles. The number of hydrogen-bond donors (Lipinski definition) is 1. The van der Waals surface area contributed by atoms with Crippen molar-refractivity contribution in [1.82, 2.24) is 4.98 Å². The predicted molar refractivity (Wildman–Crippen MR) is 39.6 cm³/mol. The lowest BCUT2D eigenvalue weighted by Crippen LogP contribution is -2.19. The normalized spacial score (nSPS) is 15.5. The van der Waals surface area contributed by atoms with Crippen molar-refractivity contribution in [2.45, 2.75) is 19.4 Å². The van der Waals surface area contributed by atoms with E-state index in [2.05, 4.69) is 10.9 Å². The van der Waals surface area contributed by atoms with Crippen LogP contribution in [0.2, 0.25) is 0 Å². The fourth-order valence-electron chi connectivity index (χ4n) is 0.842. The van der Waals surface area contributed by atoms with Crippen molar-refractivity contribution in [2.24, 2.45) is 0 Å². The van der Waals surface area contributed by atoms with Crippen molar-refractivity contribution >= 4 is 0 Å². The lowest BCUT2D eigenvalue weighted by atomic mass is 10.0. The topological polar surface area (TPSA) is 46.3 Å². The highest BCUT2D eigenvalue weighted by molar-refractivity contribution is 5.24. The molecule has 1 atom stereocenters. The third kappa shape index (κ3) is 1.26. The summed E-state index contributed by atoms with van der Waals surface area (Å²) in [6.07, 6.45) is 6.35. The van der Waals surface area contributed by atoms with E-state index in [-0.39, 0.29) is 0 Å². The van der Waals surface area contributed by atoms with E-state index >= 15 is 0 Å². The van der Waals surface area contributed by atoms with Gasteiger partial charge >= 0.3 is 0 Å². The van der Waals surface area contributed by atoms with Gasteiger partial charge in [-0.15, -0.1) is 6.42 Å². The molecule has 0 saturated carbocycles. The van der Waals surface area contributed by atoms with Gasteiger partial charge in [-0.1, -0.05) is 5.92 Å². The van der Waals surface area contributed by atoms with E-state index in [9.17, 15) is 5.11 Å². The molecule has 0 aliphatic heterocycles. The minimum absolute atomic E-state index is 0.403. The van der Waals surface area contributed by atoms with Gasteiger partial charge in [0.1, 0.15) is 11.5 Å². The molecule has 0 aliphatic carbocycles. The van der Waals surface area contributed by atoms with Gasteiger partial charge in [-0.3, -0.25) is 0 Å². The lowest BCUT2D eigenvalue weighted by molar-refractivity contribution is 0.116. The van der Waals surface area contributed by atoms with Gasteiger partial charge in [0.25, 0.3) is 0 Å². The van der Waals surface area contributed by atoms with Crippen molar-refractivity contribution in [3.63, 3.8) is 0 Å². The van der Waals surface area contributed by atoms with Gasteiger partial charge in [-0.25, -0.2) is 4.98 Å². The molecule has 1 unspecified atom stereocenters. The number of nitrogens with zero attached hydrogens (tertiary/aromatic N) is 1. The van der Waals surface area contributed by atoms with Crippen LogP contribution in [0.3, 0.4) is 0 Å². The summed E-state index contributed by atoms with van der Waals surface area (Å²) in [7, 11) is 0. The molecule has 0 amide bonds. The second-order valence-corrected chi connectivity index (χ2v) is 2.47. The Balaban J connectivity index is 3.13.